The maximum Gasteiger partial charge on any atom is 0.159 e. The number of aliphatic hydroxyl groups excluding tert-OH is 1. The molecule has 4 nitrogen and oxygen atoms in total. The van der Waals surface area contributed by atoms with Crippen molar-refractivity contribution < 1.29 is 5.11 Å². The summed E-state index contributed by atoms with van der Waals surface area (Å²) >= 11 is 0. The monoisotopic (exact) mass is 191 g/mol. The van der Waals surface area contributed by atoms with Gasteiger partial charge >= 0.3 is 0 Å². The van der Waals surface area contributed by atoms with Gasteiger partial charge in [-0.25, -0.2) is 9.97 Å². The molecule has 0 fully saturated rings. The lowest BCUT2D eigenvalue weighted by Crippen LogP contribution is -1.99. The van der Waals surface area contributed by atoms with Gasteiger partial charge in [-0.1, -0.05) is 0 Å². The van der Waals surface area contributed by atoms with Crippen LogP contribution in [0.2, 0.25) is 0 Å². The van der Waals surface area contributed by atoms with Crippen molar-refractivity contribution in [1.29, 1.82) is 0 Å². The Morgan fingerprint density at radius 3 is 3.07 bits per heavy atom. The van der Waals surface area contributed by atoms with E-state index in [-0.39, 0.29) is 6.61 Å². The molecule has 0 aliphatic heterocycles. The number of pyridine rings is 1. The molecule has 1 N–H and O–H groups in total. The van der Waals surface area contributed by atoms with E-state index in [2.05, 4.69) is 9.97 Å². The van der Waals surface area contributed by atoms with Gasteiger partial charge in [-0.3, -0.25) is 0 Å². The standard InChI is InChI=1S/C10H13N3O/c1-8-5-9-10(11-6-8)13(7-12-9)3-2-4-14/h5-7,14H,2-4H2,1H3. The predicted octanol–water partition coefficient (Wildman–Crippen LogP) is 1.12. The maximum absolute atomic E-state index is 8.73. The molecule has 2 rings (SSSR count). The second-order valence-corrected chi connectivity index (χ2v) is 3.37. The molecule has 0 aliphatic carbocycles. The maximum atomic E-state index is 8.73. The van der Waals surface area contributed by atoms with Gasteiger partial charge in [0.1, 0.15) is 5.52 Å². The normalized spacial score (nSPS) is 11.0. The lowest BCUT2D eigenvalue weighted by Gasteiger charge is -2.00. The summed E-state index contributed by atoms with van der Waals surface area (Å²) in [5.41, 5.74) is 2.93. The largest absolute Gasteiger partial charge is 0.396 e. The highest BCUT2D eigenvalue weighted by molar-refractivity contribution is 5.70. The fraction of sp³-hybridized carbons (Fsp3) is 0.400. The highest BCUT2D eigenvalue weighted by atomic mass is 16.3. The van der Waals surface area contributed by atoms with Crippen LogP contribution < -0.4 is 0 Å². The molecular weight excluding hydrogens is 178 g/mol. The Labute approximate surface area is 82.2 Å². The molecule has 0 saturated carbocycles. The molecule has 0 bridgehead atoms. The van der Waals surface area contributed by atoms with E-state index in [4.69, 9.17) is 5.11 Å². The number of rotatable bonds is 3. The number of nitrogens with zero attached hydrogens (tertiary/aromatic N) is 3. The van der Waals surface area contributed by atoms with Gasteiger partial charge in [0.15, 0.2) is 5.65 Å². The summed E-state index contributed by atoms with van der Waals surface area (Å²) in [5, 5.41) is 8.73. The van der Waals surface area contributed by atoms with Gasteiger partial charge in [0.25, 0.3) is 0 Å². The van der Waals surface area contributed by atoms with E-state index in [0.29, 0.717) is 0 Å². The number of aryl methyl sites for hydroxylation is 2. The SMILES string of the molecule is Cc1cnc2c(c1)ncn2CCCO. The Hall–Kier alpha value is -1.42. The van der Waals surface area contributed by atoms with Gasteiger partial charge < -0.3 is 9.67 Å². The molecule has 4 heteroatoms. The third-order valence-electron chi connectivity index (χ3n) is 2.15. The topological polar surface area (TPSA) is 50.9 Å². The molecular formula is C10H13N3O. The molecule has 0 unspecified atom stereocenters. The number of aliphatic hydroxyl groups is 1. The van der Waals surface area contributed by atoms with Gasteiger partial charge in [0.2, 0.25) is 0 Å². The second kappa shape index (κ2) is 3.75. The van der Waals surface area contributed by atoms with Gasteiger partial charge in [0.05, 0.1) is 6.33 Å². The van der Waals surface area contributed by atoms with Crippen LogP contribution in [0.3, 0.4) is 0 Å². The summed E-state index contributed by atoms with van der Waals surface area (Å²) in [7, 11) is 0. The molecule has 0 atom stereocenters. The number of hydrogen-bond acceptors (Lipinski definition) is 3. The third kappa shape index (κ3) is 1.61. The zero-order valence-electron chi connectivity index (χ0n) is 8.14. The average Bonchev–Trinajstić information content (AvgIpc) is 2.57. The first-order valence-electron chi connectivity index (χ1n) is 4.69. The van der Waals surface area contributed by atoms with Crippen LogP contribution in [0.5, 0.6) is 0 Å². The van der Waals surface area contributed by atoms with Crippen molar-refractivity contribution in [2.24, 2.45) is 0 Å². The summed E-state index contributed by atoms with van der Waals surface area (Å²) in [6.45, 7) is 2.97. The highest BCUT2D eigenvalue weighted by Gasteiger charge is 2.02. The Morgan fingerprint density at radius 1 is 1.43 bits per heavy atom. The van der Waals surface area contributed by atoms with E-state index in [1.165, 1.54) is 0 Å². The second-order valence-electron chi connectivity index (χ2n) is 3.37. The van der Waals surface area contributed by atoms with Crippen LogP contribution >= 0.6 is 0 Å². The fourth-order valence-corrected chi connectivity index (χ4v) is 1.45. The van der Waals surface area contributed by atoms with Gasteiger partial charge in [-0.15, -0.1) is 0 Å². The van der Waals surface area contributed by atoms with Crippen LogP contribution in [0, 0.1) is 6.92 Å². The Bertz CT molecular complexity index is 436. The average molecular weight is 191 g/mol. The van der Waals surface area contributed by atoms with Gasteiger partial charge in [-0.05, 0) is 25.0 Å². The quantitative estimate of drug-likeness (QED) is 0.791. The molecule has 0 saturated heterocycles. The first-order chi connectivity index (χ1) is 6.81. The summed E-state index contributed by atoms with van der Waals surface area (Å²) in [6, 6.07) is 2.01. The van der Waals surface area contributed by atoms with Gasteiger partial charge in [0, 0.05) is 19.3 Å². The minimum Gasteiger partial charge on any atom is -0.396 e. The van der Waals surface area contributed by atoms with Crippen LogP contribution in [0.1, 0.15) is 12.0 Å². The van der Waals surface area contributed by atoms with E-state index in [9.17, 15) is 0 Å². The lowest BCUT2D eigenvalue weighted by molar-refractivity contribution is 0.280. The zero-order valence-corrected chi connectivity index (χ0v) is 8.14. The number of fused-ring (bicyclic) bond motifs is 1. The van der Waals surface area contributed by atoms with Crippen molar-refractivity contribution in [3.05, 3.63) is 24.2 Å². The van der Waals surface area contributed by atoms with Crippen molar-refractivity contribution in [3.8, 4) is 0 Å². The first-order valence-corrected chi connectivity index (χ1v) is 4.69. The van der Waals surface area contributed by atoms with Crippen molar-refractivity contribution in [1.82, 2.24) is 14.5 Å². The minimum atomic E-state index is 0.200. The van der Waals surface area contributed by atoms with E-state index >= 15 is 0 Å². The Kier molecular flexibility index (Phi) is 2.45. The molecule has 0 radical (unpaired) electrons. The summed E-state index contributed by atoms with van der Waals surface area (Å²) in [6.07, 6.45) is 4.34. The van der Waals surface area contributed by atoms with Crippen LogP contribution in [0.15, 0.2) is 18.6 Å². The van der Waals surface area contributed by atoms with Crippen LogP contribution in [-0.4, -0.2) is 26.2 Å². The van der Waals surface area contributed by atoms with Crippen molar-refractivity contribution in [3.63, 3.8) is 0 Å². The Morgan fingerprint density at radius 2 is 2.29 bits per heavy atom. The molecule has 0 spiro atoms. The number of aromatic nitrogens is 3. The number of hydrogen-bond donors (Lipinski definition) is 1. The highest BCUT2D eigenvalue weighted by Crippen LogP contribution is 2.11. The predicted molar refractivity (Wildman–Crippen MR) is 54.0 cm³/mol. The first kappa shape index (κ1) is 9.15. The molecule has 2 aromatic heterocycles. The summed E-state index contributed by atoms with van der Waals surface area (Å²) in [4.78, 5) is 8.56. The van der Waals surface area contributed by atoms with Crippen LogP contribution in [0.25, 0.3) is 11.2 Å². The van der Waals surface area contributed by atoms with Crippen molar-refractivity contribution in [2.45, 2.75) is 19.9 Å². The van der Waals surface area contributed by atoms with Crippen molar-refractivity contribution >= 4 is 11.2 Å². The Balaban J connectivity index is 2.37. The van der Waals surface area contributed by atoms with E-state index in [0.717, 1.165) is 29.7 Å². The molecule has 0 aromatic carbocycles. The van der Waals surface area contributed by atoms with Crippen LogP contribution in [-0.2, 0) is 6.54 Å². The van der Waals surface area contributed by atoms with Crippen LogP contribution in [0.4, 0.5) is 0 Å². The van der Waals surface area contributed by atoms with Crippen molar-refractivity contribution in [2.75, 3.05) is 6.61 Å². The summed E-state index contributed by atoms with van der Waals surface area (Å²) < 4.78 is 1.96. The molecule has 74 valence electrons. The fourth-order valence-electron chi connectivity index (χ4n) is 1.45. The zero-order chi connectivity index (χ0) is 9.97. The number of imidazole rings is 1. The molecule has 2 heterocycles. The van der Waals surface area contributed by atoms with E-state index in [1.807, 2.05) is 23.8 Å². The van der Waals surface area contributed by atoms with Gasteiger partial charge in [-0.2, -0.15) is 0 Å². The third-order valence-corrected chi connectivity index (χ3v) is 2.15. The molecule has 0 amide bonds. The summed E-state index contributed by atoms with van der Waals surface area (Å²) in [5.74, 6) is 0. The molecule has 2 aromatic rings. The molecule has 0 aliphatic rings. The smallest absolute Gasteiger partial charge is 0.159 e. The molecule has 14 heavy (non-hydrogen) atoms. The minimum absolute atomic E-state index is 0.200. The van der Waals surface area contributed by atoms with E-state index in [1.54, 1.807) is 6.33 Å². The van der Waals surface area contributed by atoms with E-state index < -0.39 is 0 Å². The lowest BCUT2D eigenvalue weighted by atomic mass is 10.3.